The minimum absolute atomic E-state index is 0.653. The number of thiophene rings is 1. The Morgan fingerprint density at radius 2 is 0.878 bits per heavy atom. The first kappa shape index (κ1) is 27.8. The van der Waals surface area contributed by atoms with Crippen LogP contribution >= 0.6 is 11.3 Å². The van der Waals surface area contributed by atoms with Crippen LogP contribution in [0.25, 0.3) is 97.8 Å². The smallest absolute Gasteiger partial charge is 0.164 e. The fourth-order valence-corrected chi connectivity index (χ4v) is 8.19. The van der Waals surface area contributed by atoms with Crippen LogP contribution in [0.15, 0.2) is 164 Å². The summed E-state index contributed by atoms with van der Waals surface area (Å²) < 4.78 is 2.66. The lowest BCUT2D eigenvalue weighted by Crippen LogP contribution is -2.00. The van der Waals surface area contributed by atoms with Gasteiger partial charge in [0.1, 0.15) is 0 Å². The van der Waals surface area contributed by atoms with Crippen LogP contribution in [-0.4, -0.2) is 15.0 Å². The third kappa shape index (κ3) is 4.76. The molecule has 3 nitrogen and oxygen atoms in total. The maximum absolute atomic E-state index is 4.96. The van der Waals surface area contributed by atoms with Crippen molar-refractivity contribution in [3.05, 3.63) is 164 Å². The molecule has 0 saturated carbocycles. The molecule has 0 aliphatic carbocycles. The van der Waals surface area contributed by atoms with Crippen LogP contribution in [0.1, 0.15) is 0 Å². The summed E-state index contributed by atoms with van der Waals surface area (Å²) in [6.45, 7) is 0. The summed E-state index contributed by atoms with van der Waals surface area (Å²) in [7, 11) is 0. The minimum Gasteiger partial charge on any atom is -0.208 e. The van der Waals surface area contributed by atoms with Crippen molar-refractivity contribution in [1.82, 2.24) is 15.0 Å². The summed E-state index contributed by atoms with van der Waals surface area (Å²) in [5, 5.41) is 10.3. The van der Waals surface area contributed by atoms with Gasteiger partial charge in [0.05, 0.1) is 0 Å². The lowest BCUT2D eigenvalue weighted by atomic mass is 9.93. The Kier molecular flexibility index (Phi) is 6.36. The molecule has 0 aliphatic heterocycles. The van der Waals surface area contributed by atoms with E-state index in [2.05, 4.69) is 103 Å². The molecule has 10 aromatic rings. The van der Waals surface area contributed by atoms with Crippen molar-refractivity contribution >= 4 is 63.8 Å². The van der Waals surface area contributed by atoms with E-state index < -0.39 is 0 Å². The van der Waals surface area contributed by atoms with E-state index in [0.717, 1.165) is 27.8 Å². The summed E-state index contributed by atoms with van der Waals surface area (Å²) in [5.74, 6) is 1.97. The van der Waals surface area contributed by atoms with Gasteiger partial charge < -0.3 is 0 Å². The molecule has 0 unspecified atom stereocenters. The maximum atomic E-state index is 4.96. The standard InChI is InChI=1S/C45H27N3S/c1-3-10-29(11-4-1)43-46-44(30-12-5-2-6-13-30)48-45(47-43)35-15-9-14-31(25-35)32-22-23-36-33(24-32)20-18-28-19-21-34-26-39-37-16-7-8-17-40(37)49-41(39)27-38(34)42(28)36/h1-27H. The number of benzene rings is 8. The van der Waals surface area contributed by atoms with Gasteiger partial charge in [0, 0.05) is 36.9 Å². The van der Waals surface area contributed by atoms with Gasteiger partial charge in [0.25, 0.3) is 0 Å². The number of fused-ring (bicyclic) bond motifs is 8. The van der Waals surface area contributed by atoms with Crippen LogP contribution in [0, 0.1) is 0 Å². The topological polar surface area (TPSA) is 38.7 Å². The third-order valence-electron chi connectivity index (χ3n) is 9.47. The maximum Gasteiger partial charge on any atom is 0.164 e. The highest BCUT2D eigenvalue weighted by molar-refractivity contribution is 7.25. The van der Waals surface area contributed by atoms with Crippen LogP contribution in [-0.2, 0) is 0 Å². The van der Waals surface area contributed by atoms with Crippen molar-refractivity contribution in [2.75, 3.05) is 0 Å². The summed E-state index contributed by atoms with van der Waals surface area (Å²) in [6, 6.07) is 58.1. The highest BCUT2D eigenvalue weighted by atomic mass is 32.1. The number of hydrogen-bond donors (Lipinski definition) is 0. The lowest BCUT2D eigenvalue weighted by molar-refractivity contribution is 1.07. The van der Waals surface area contributed by atoms with E-state index in [1.54, 1.807) is 0 Å². The molecule has 10 rings (SSSR count). The van der Waals surface area contributed by atoms with Gasteiger partial charge in [-0.15, -0.1) is 11.3 Å². The van der Waals surface area contributed by atoms with Crippen molar-refractivity contribution < 1.29 is 0 Å². The summed E-state index contributed by atoms with van der Waals surface area (Å²) in [5.41, 5.74) is 5.14. The average molecular weight is 642 g/mol. The summed E-state index contributed by atoms with van der Waals surface area (Å²) >= 11 is 1.87. The molecule has 228 valence electrons. The fourth-order valence-electron chi connectivity index (χ4n) is 7.06. The van der Waals surface area contributed by atoms with E-state index in [9.17, 15) is 0 Å². The van der Waals surface area contributed by atoms with E-state index in [0.29, 0.717) is 17.5 Å². The van der Waals surface area contributed by atoms with E-state index in [-0.39, 0.29) is 0 Å². The Hall–Kier alpha value is -6.23. The van der Waals surface area contributed by atoms with Gasteiger partial charge in [-0.25, -0.2) is 15.0 Å². The van der Waals surface area contributed by atoms with Crippen LogP contribution in [0.2, 0.25) is 0 Å². The monoisotopic (exact) mass is 641 g/mol. The molecule has 2 aromatic heterocycles. The van der Waals surface area contributed by atoms with Crippen molar-refractivity contribution in [3.63, 3.8) is 0 Å². The van der Waals surface area contributed by atoms with Crippen molar-refractivity contribution in [2.45, 2.75) is 0 Å². The second-order valence-electron chi connectivity index (χ2n) is 12.5. The largest absolute Gasteiger partial charge is 0.208 e. The zero-order chi connectivity index (χ0) is 32.3. The molecular weight excluding hydrogens is 615 g/mol. The van der Waals surface area contributed by atoms with Crippen molar-refractivity contribution in [1.29, 1.82) is 0 Å². The zero-order valence-electron chi connectivity index (χ0n) is 26.3. The molecule has 0 N–H and O–H groups in total. The highest BCUT2D eigenvalue weighted by Crippen LogP contribution is 2.40. The Labute approximate surface area is 286 Å². The Balaban J connectivity index is 1.10. The average Bonchev–Trinajstić information content (AvgIpc) is 3.54. The minimum atomic E-state index is 0.653. The van der Waals surface area contributed by atoms with E-state index in [1.807, 2.05) is 72.0 Å². The van der Waals surface area contributed by atoms with Crippen LogP contribution in [0.4, 0.5) is 0 Å². The first-order valence-electron chi connectivity index (χ1n) is 16.4. The predicted molar refractivity (Wildman–Crippen MR) is 207 cm³/mol. The second kappa shape index (κ2) is 11.2. The summed E-state index contributed by atoms with van der Waals surface area (Å²) in [6.07, 6.45) is 0. The summed E-state index contributed by atoms with van der Waals surface area (Å²) in [4.78, 5) is 14.8. The van der Waals surface area contributed by atoms with Crippen molar-refractivity contribution in [3.8, 4) is 45.3 Å². The first-order chi connectivity index (χ1) is 24.2. The van der Waals surface area contributed by atoms with Gasteiger partial charge in [-0.3, -0.25) is 0 Å². The molecule has 0 saturated heterocycles. The van der Waals surface area contributed by atoms with E-state index in [4.69, 9.17) is 15.0 Å². The van der Waals surface area contributed by atoms with E-state index in [1.165, 1.54) is 52.5 Å². The Bertz CT molecular complexity index is 2820. The second-order valence-corrected chi connectivity index (χ2v) is 13.5. The number of rotatable bonds is 4. The van der Waals surface area contributed by atoms with E-state index >= 15 is 0 Å². The molecule has 8 aromatic carbocycles. The molecular formula is C45H27N3S. The Morgan fingerprint density at radius 1 is 0.306 bits per heavy atom. The fraction of sp³-hybridized carbons (Fsp3) is 0. The first-order valence-corrected chi connectivity index (χ1v) is 17.3. The van der Waals surface area contributed by atoms with Gasteiger partial charge in [-0.1, -0.05) is 133 Å². The van der Waals surface area contributed by atoms with Crippen LogP contribution in [0.3, 0.4) is 0 Å². The van der Waals surface area contributed by atoms with Crippen LogP contribution < -0.4 is 0 Å². The van der Waals surface area contributed by atoms with Gasteiger partial charge >= 0.3 is 0 Å². The lowest BCUT2D eigenvalue weighted by Gasteiger charge is -2.12. The molecule has 49 heavy (non-hydrogen) atoms. The third-order valence-corrected chi connectivity index (χ3v) is 10.6. The van der Waals surface area contributed by atoms with Gasteiger partial charge in [0.2, 0.25) is 0 Å². The van der Waals surface area contributed by atoms with Gasteiger partial charge in [-0.2, -0.15) is 0 Å². The highest BCUT2D eigenvalue weighted by Gasteiger charge is 2.14. The molecule has 0 amide bonds. The Morgan fingerprint density at radius 3 is 1.61 bits per heavy atom. The quantitative estimate of drug-likeness (QED) is 0.180. The molecule has 0 spiro atoms. The molecule has 0 fully saturated rings. The zero-order valence-corrected chi connectivity index (χ0v) is 27.2. The molecule has 0 atom stereocenters. The molecule has 0 aliphatic rings. The van der Waals surface area contributed by atoms with Gasteiger partial charge in [-0.05, 0) is 73.8 Å². The molecule has 2 heterocycles. The SMILES string of the molecule is c1ccc(-c2nc(-c3ccccc3)nc(-c3cccc(-c4ccc5c(ccc6ccc7cc8c(cc7c65)sc5ccccc58)c4)c3)n2)cc1. The number of hydrogen-bond acceptors (Lipinski definition) is 4. The van der Waals surface area contributed by atoms with Crippen LogP contribution in [0.5, 0.6) is 0 Å². The van der Waals surface area contributed by atoms with Crippen molar-refractivity contribution in [2.24, 2.45) is 0 Å². The van der Waals surface area contributed by atoms with Gasteiger partial charge in [0.15, 0.2) is 17.5 Å². The molecule has 0 bridgehead atoms. The normalized spacial score (nSPS) is 11.7. The number of nitrogens with zero attached hydrogens (tertiary/aromatic N) is 3. The molecule has 0 radical (unpaired) electrons. The molecule has 4 heteroatoms. The number of aromatic nitrogens is 3. The predicted octanol–water partition coefficient (Wildman–Crippen LogP) is 12.4.